The number of nitrogens with zero attached hydrogens (tertiary/aromatic N) is 1. The van der Waals surface area contributed by atoms with E-state index in [1.807, 2.05) is 0 Å². The topological polar surface area (TPSA) is 20.3 Å². The Morgan fingerprint density at radius 3 is 1.30 bits per heavy atom. The second kappa shape index (κ2) is 21.8. The molecule has 0 saturated heterocycles. The Labute approximate surface area is 171 Å². The van der Waals surface area contributed by atoms with E-state index in [9.17, 15) is 4.79 Å². The minimum atomic E-state index is 0.389. The minimum absolute atomic E-state index is 0.389. The number of hydrogen-bond donors (Lipinski definition) is 0. The molecular formula is C25H51NO. The van der Waals surface area contributed by atoms with Gasteiger partial charge >= 0.3 is 0 Å². The molecule has 2 nitrogen and oxygen atoms in total. The average molecular weight is 382 g/mol. The van der Waals surface area contributed by atoms with E-state index in [4.69, 9.17) is 0 Å². The van der Waals surface area contributed by atoms with Crippen LogP contribution in [0.1, 0.15) is 143 Å². The number of hydrogen-bond acceptors (Lipinski definition) is 1. The summed E-state index contributed by atoms with van der Waals surface area (Å²) in [6.45, 7) is 8.55. The molecule has 1 amide bonds. The highest BCUT2D eigenvalue weighted by Crippen LogP contribution is 2.14. The fourth-order valence-electron chi connectivity index (χ4n) is 3.79. The van der Waals surface area contributed by atoms with Gasteiger partial charge in [0.2, 0.25) is 5.91 Å². The van der Waals surface area contributed by atoms with Crippen LogP contribution in [0.4, 0.5) is 0 Å². The first-order chi connectivity index (χ1) is 13.3. The molecule has 0 saturated carbocycles. The van der Waals surface area contributed by atoms with Gasteiger partial charge in [-0.15, -0.1) is 0 Å². The lowest BCUT2D eigenvalue weighted by atomic mass is 10.0. The molecule has 0 bridgehead atoms. The van der Waals surface area contributed by atoms with Crippen molar-refractivity contribution in [3.8, 4) is 0 Å². The first kappa shape index (κ1) is 26.5. The number of carbonyl (C=O) groups is 1. The molecule has 2 heteroatoms. The van der Waals surface area contributed by atoms with Gasteiger partial charge in [0.1, 0.15) is 0 Å². The summed E-state index contributed by atoms with van der Waals surface area (Å²) in [5.74, 6) is 0.389. The summed E-state index contributed by atoms with van der Waals surface area (Å²) in [6, 6.07) is 0. The van der Waals surface area contributed by atoms with Crippen LogP contribution in [0.15, 0.2) is 0 Å². The quantitative estimate of drug-likeness (QED) is 0.183. The maximum atomic E-state index is 12.3. The standard InChI is InChI=1S/C25H51NO/c1-4-7-9-10-11-12-13-14-15-16-17-18-19-20-21-22-25(27)26(23-6-3)24-8-5-2/h4-24H2,1-3H3. The lowest BCUT2D eigenvalue weighted by Gasteiger charge is -2.22. The Hall–Kier alpha value is -0.530. The van der Waals surface area contributed by atoms with Crippen molar-refractivity contribution in [2.75, 3.05) is 13.1 Å². The van der Waals surface area contributed by atoms with Crippen LogP contribution in [0.3, 0.4) is 0 Å². The van der Waals surface area contributed by atoms with Gasteiger partial charge in [-0.3, -0.25) is 4.79 Å². The molecule has 0 N–H and O–H groups in total. The van der Waals surface area contributed by atoms with Gasteiger partial charge in [0, 0.05) is 19.5 Å². The van der Waals surface area contributed by atoms with Crippen LogP contribution < -0.4 is 0 Å². The van der Waals surface area contributed by atoms with Gasteiger partial charge in [0.25, 0.3) is 0 Å². The van der Waals surface area contributed by atoms with Crippen molar-refractivity contribution in [2.24, 2.45) is 0 Å². The van der Waals surface area contributed by atoms with Gasteiger partial charge in [-0.1, -0.05) is 117 Å². The largest absolute Gasteiger partial charge is 0.343 e. The highest BCUT2D eigenvalue weighted by Gasteiger charge is 2.11. The summed E-state index contributed by atoms with van der Waals surface area (Å²) < 4.78 is 0. The van der Waals surface area contributed by atoms with Crippen molar-refractivity contribution in [3.05, 3.63) is 0 Å². The van der Waals surface area contributed by atoms with Crippen molar-refractivity contribution in [1.29, 1.82) is 0 Å². The van der Waals surface area contributed by atoms with Crippen LogP contribution in [0.5, 0.6) is 0 Å². The average Bonchev–Trinajstić information content (AvgIpc) is 2.68. The van der Waals surface area contributed by atoms with Crippen molar-refractivity contribution < 1.29 is 4.79 Å². The number of carbonyl (C=O) groups excluding carboxylic acids is 1. The van der Waals surface area contributed by atoms with E-state index >= 15 is 0 Å². The van der Waals surface area contributed by atoms with E-state index in [1.165, 1.54) is 96.3 Å². The summed E-state index contributed by atoms with van der Waals surface area (Å²) in [7, 11) is 0. The Bertz CT molecular complexity index is 303. The number of rotatable bonds is 21. The van der Waals surface area contributed by atoms with Gasteiger partial charge in [0.05, 0.1) is 0 Å². The Kier molecular flexibility index (Phi) is 21.3. The molecule has 0 radical (unpaired) electrons. The van der Waals surface area contributed by atoms with Crippen LogP contribution in [-0.2, 0) is 4.79 Å². The zero-order valence-corrected chi connectivity index (χ0v) is 19.2. The Morgan fingerprint density at radius 1 is 0.481 bits per heavy atom. The molecule has 0 spiro atoms. The smallest absolute Gasteiger partial charge is 0.222 e. The molecule has 0 aliphatic carbocycles. The lowest BCUT2D eigenvalue weighted by Crippen LogP contribution is -2.32. The zero-order valence-electron chi connectivity index (χ0n) is 19.2. The van der Waals surface area contributed by atoms with Crippen LogP contribution in [-0.4, -0.2) is 23.9 Å². The predicted octanol–water partition coefficient (Wildman–Crippen LogP) is 8.29. The zero-order chi connectivity index (χ0) is 20.0. The number of amides is 1. The van der Waals surface area contributed by atoms with Gasteiger partial charge in [-0.25, -0.2) is 0 Å². The normalized spacial score (nSPS) is 11.1. The van der Waals surface area contributed by atoms with Crippen molar-refractivity contribution in [3.63, 3.8) is 0 Å². The summed E-state index contributed by atoms with van der Waals surface area (Å²) >= 11 is 0. The Morgan fingerprint density at radius 2 is 0.889 bits per heavy atom. The van der Waals surface area contributed by atoms with Crippen LogP contribution >= 0.6 is 0 Å². The molecule has 0 heterocycles. The van der Waals surface area contributed by atoms with Crippen molar-refractivity contribution in [2.45, 2.75) is 143 Å². The second-order valence-corrected chi connectivity index (χ2v) is 8.43. The fraction of sp³-hybridized carbons (Fsp3) is 0.960. The van der Waals surface area contributed by atoms with E-state index in [1.54, 1.807) is 0 Å². The molecule has 0 aliphatic heterocycles. The summed E-state index contributed by atoms with van der Waals surface area (Å²) in [6.07, 6.45) is 24.8. The molecule has 0 aliphatic rings. The molecule has 0 aromatic rings. The third-order valence-corrected chi connectivity index (χ3v) is 5.62. The van der Waals surface area contributed by atoms with Gasteiger partial charge < -0.3 is 4.90 Å². The molecule has 0 aromatic heterocycles. The first-order valence-corrected chi connectivity index (χ1v) is 12.5. The van der Waals surface area contributed by atoms with Gasteiger partial charge in [-0.05, 0) is 19.3 Å². The van der Waals surface area contributed by atoms with E-state index in [0.717, 1.165) is 38.8 Å². The van der Waals surface area contributed by atoms with Crippen LogP contribution in [0, 0.1) is 0 Å². The van der Waals surface area contributed by atoms with Crippen molar-refractivity contribution in [1.82, 2.24) is 4.90 Å². The highest BCUT2D eigenvalue weighted by atomic mass is 16.2. The summed E-state index contributed by atoms with van der Waals surface area (Å²) in [4.78, 5) is 14.4. The van der Waals surface area contributed by atoms with Gasteiger partial charge in [-0.2, -0.15) is 0 Å². The van der Waals surface area contributed by atoms with Gasteiger partial charge in [0.15, 0.2) is 0 Å². The molecule has 0 atom stereocenters. The van der Waals surface area contributed by atoms with E-state index in [2.05, 4.69) is 25.7 Å². The molecular weight excluding hydrogens is 330 g/mol. The Balaban J connectivity index is 3.35. The summed E-state index contributed by atoms with van der Waals surface area (Å²) in [5.41, 5.74) is 0. The van der Waals surface area contributed by atoms with E-state index in [-0.39, 0.29) is 0 Å². The van der Waals surface area contributed by atoms with Crippen LogP contribution in [0.25, 0.3) is 0 Å². The molecule has 0 unspecified atom stereocenters. The molecule has 0 fully saturated rings. The maximum absolute atomic E-state index is 12.3. The highest BCUT2D eigenvalue weighted by molar-refractivity contribution is 5.76. The molecule has 0 rings (SSSR count). The fourth-order valence-corrected chi connectivity index (χ4v) is 3.79. The lowest BCUT2D eigenvalue weighted by molar-refractivity contribution is -0.131. The third-order valence-electron chi connectivity index (χ3n) is 5.62. The maximum Gasteiger partial charge on any atom is 0.222 e. The molecule has 162 valence electrons. The third kappa shape index (κ3) is 18.6. The minimum Gasteiger partial charge on any atom is -0.343 e. The van der Waals surface area contributed by atoms with Crippen LogP contribution in [0.2, 0.25) is 0 Å². The predicted molar refractivity (Wildman–Crippen MR) is 121 cm³/mol. The SMILES string of the molecule is CCCCCCCCCCCCCCCCCC(=O)N(CCC)CCCC. The van der Waals surface area contributed by atoms with Crippen molar-refractivity contribution >= 4 is 5.91 Å². The summed E-state index contributed by atoms with van der Waals surface area (Å²) in [5, 5.41) is 0. The second-order valence-electron chi connectivity index (χ2n) is 8.43. The first-order valence-electron chi connectivity index (χ1n) is 12.5. The van der Waals surface area contributed by atoms with E-state index < -0.39 is 0 Å². The monoisotopic (exact) mass is 381 g/mol. The molecule has 0 aromatic carbocycles. The molecule has 27 heavy (non-hydrogen) atoms. The number of unbranched alkanes of at least 4 members (excludes halogenated alkanes) is 15. The van der Waals surface area contributed by atoms with E-state index in [0.29, 0.717) is 5.91 Å².